The SMILES string of the molecule is CCCCCC=CCC=CCC=CCCCCCOC(CC)C(N)COCCCCCCCC. The molecule has 0 saturated heterocycles. The van der Waals surface area contributed by atoms with Crippen molar-refractivity contribution >= 4 is 0 Å². The van der Waals surface area contributed by atoms with Crippen molar-refractivity contribution in [3.05, 3.63) is 36.5 Å². The van der Waals surface area contributed by atoms with Crippen molar-refractivity contribution in [2.75, 3.05) is 19.8 Å². The molecule has 0 bridgehead atoms. The van der Waals surface area contributed by atoms with Gasteiger partial charge in [0.2, 0.25) is 0 Å². The second kappa shape index (κ2) is 28.3. The summed E-state index contributed by atoms with van der Waals surface area (Å²) in [5.74, 6) is 0. The summed E-state index contributed by atoms with van der Waals surface area (Å²) in [6, 6.07) is -0.0161. The molecule has 3 nitrogen and oxygen atoms in total. The Kier molecular flexibility index (Phi) is 27.6. The van der Waals surface area contributed by atoms with E-state index in [1.807, 2.05) is 0 Å². The van der Waals surface area contributed by atoms with Crippen LogP contribution < -0.4 is 5.73 Å². The summed E-state index contributed by atoms with van der Waals surface area (Å²) >= 11 is 0. The largest absolute Gasteiger partial charge is 0.380 e. The summed E-state index contributed by atoms with van der Waals surface area (Å²) in [5, 5.41) is 0. The third kappa shape index (κ3) is 24.2. The van der Waals surface area contributed by atoms with Crippen molar-refractivity contribution in [2.45, 2.75) is 142 Å². The number of ether oxygens (including phenoxy) is 2. The van der Waals surface area contributed by atoms with Crippen LogP contribution in [0.15, 0.2) is 36.5 Å². The first kappa shape index (κ1) is 33.1. The fourth-order valence-electron chi connectivity index (χ4n) is 3.92. The average Bonchev–Trinajstić information content (AvgIpc) is 2.85. The zero-order valence-corrected chi connectivity index (χ0v) is 23.2. The number of hydrogen-bond acceptors (Lipinski definition) is 3. The molecule has 0 spiro atoms. The molecule has 0 rings (SSSR count). The minimum absolute atomic E-state index is 0.0161. The molecule has 0 heterocycles. The topological polar surface area (TPSA) is 44.5 Å². The summed E-state index contributed by atoms with van der Waals surface area (Å²) in [6.45, 7) is 8.91. The molecule has 0 aromatic carbocycles. The van der Waals surface area contributed by atoms with E-state index in [1.54, 1.807) is 0 Å². The van der Waals surface area contributed by atoms with Crippen LogP contribution in [0.3, 0.4) is 0 Å². The summed E-state index contributed by atoms with van der Waals surface area (Å²) in [4.78, 5) is 0. The van der Waals surface area contributed by atoms with E-state index in [0.29, 0.717) is 6.61 Å². The molecule has 2 N–H and O–H groups in total. The van der Waals surface area contributed by atoms with Crippen LogP contribution >= 0.6 is 0 Å². The van der Waals surface area contributed by atoms with Crippen LogP contribution in [0.4, 0.5) is 0 Å². The van der Waals surface area contributed by atoms with E-state index in [-0.39, 0.29) is 12.1 Å². The van der Waals surface area contributed by atoms with Gasteiger partial charge in [-0.2, -0.15) is 0 Å². The average molecular weight is 478 g/mol. The van der Waals surface area contributed by atoms with E-state index in [0.717, 1.165) is 51.7 Å². The molecule has 200 valence electrons. The molecule has 2 unspecified atom stereocenters. The molecule has 0 radical (unpaired) electrons. The highest BCUT2D eigenvalue weighted by molar-refractivity contribution is 4.97. The number of allylic oxidation sites excluding steroid dienone is 6. The lowest BCUT2D eigenvalue weighted by atomic mass is 10.1. The van der Waals surface area contributed by atoms with Gasteiger partial charge in [-0.25, -0.2) is 0 Å². The van der Waals surface area contributed by atoms with Gasteiger partial charge in [0.1, 0.15) is 0 Å². The minimum atomic E-state index is -0.0161. The first-order chi connectivity index (χ1) is 16.8. The number of hydrogen-bond donors (Lipinski definition) is 1. The van der Waals surface area contributed by atoms with E-state index in [2.05, 4.69) is 57.2 Å². The second-order valence-corrected chi connectivity index (χ2v) is 9.55. The van der Waals surface area contributed by atoms with Crippen LogP contribution in [0.1, 0.15) is 130 Å². The van der Waals surface area contributed by atoms with Gasteiger partial charge >= 0.3 is 0 Å². The minimum Gasteiger partial charge on any atom is -0.380 e. The monoisotopic (exact) mass is 477 g/mol. The molecule has 2 atom stereocenters. The Morgan fingerprint density at radius 2 is 1.09 bits per heavy atom. The molecule has 34 heavy (non-hydrogen) atoms. The van der Waals surface area contributed by atoms with E-state index in [1.165, 1.54) is 70.6 Å². The fraction of sp³-hybridized carbons (Fsp3) is 0.806. The first-order valence-corrected chi connectivity index (χ1v) is 14.7. The second-order valence-electron chi connectivity index (χ2n) is 9.55. The highest BCUT2D eigenvalue weighted by Crippen LogP contribution is 2.09. The van der Waals surface area contributed by atoms with Crippen molar-refractivity contribution in [3.63, 3.8) is 0 Å². The van der Waals surface area contributed by atoms with Gasteiger partial charge in [0.25, 0.3) is 0 Å². The smallest absolute Gasteiger partial charge is 0.0745 e. The van der Waals surface area contributed by atoms with Crippen molar-refractivity contribution in [1.82, 2.24) is 0 Å². The Morgan fingerprint density at radius 1 is 0.588 bits per heavy atom. The lowest BCUT2D eigenvalue weighted by molar-refractivity contribution is 0.00218. The van der Waals surface area contributed by atoms with Crippen molar-refractivity contribution in [1.29, 1.82) is 0 Å². The Morgan fingerprint density at radius 3 is 1.74 bits per heavy atom. The third-order valence-electron chi connectivity index (χ3n) is 6.20. The molecule has 0 fully saturated rings. The lowest BCUT2D eigenvalue weighted by Crippen LogP contribution is -2.40. The summed E-state index contributed by atoms with van der Waals surface area (Å²) in [5.41, 5.74) is 6.31. The predicted molar refractivity (Wildman–Crippen MR) is 151 cm³/mol. The Bertz CT molecular complexity index is 472. The third-order valence-corrected chi connectivity index (χ3v) is 6.20. The van der Waals surface area contributed by atoms with Crippen LogP contribution in [0.5, 0.6) is 0 Å². The quantitative estimate of drug-likeness (QED) is 0.0997. The van der Waals surface area contributed by atoms with Crippen LogP contribution in [-0.4, -0.2) is 32.0 Å². The fourth-order valence-corrected chi connectivity index (χ4v) is 3.92. The summed E-state index contributed by atoms with van der Waals surface area (Å²) < 4.78 is 11.9. The first-order valence-electron chi connectivity index (χ1n) is 14.7. The summed E-state index contributed by atoms with van der Waals surface area (Å²) in [6.07, 6.45) is 34.6. The predicted octanol–water partition coefficient (Wildman–Crippen LogP) is 9.08. The van der Waals surface area contributed by atoms with Crippen LogP contribution in [0.2, 0.25) is 0 Å². The van der Waals surface area contributed by atoms with Gasteiger partial charge in [-0.05, 0) is 57.8 Å². The molecule has 0 aliphatic carbocycles. The molecule has 3 heteroatoms. The number of nitrogens with two attached hydrogens (primary N) is 1. The van der Waals surface area contributed by atoms with E-state index < -0.39 is 0 Å². The molecule has 0 amide bonds. The molecular formula is C31H59NO2. The van der Waals surface area contributed by atoms with E-state index in [4.69, 9.17) is 15.2 Å². The van der Waals surface area contributed by atoms with Gasteiger partial charge in [-0.3, -0.25) is 0 Å². The van der Waals surface area contributed by atoms with E-state index >= 15 is 0 Å². The molecule has 0 aliphatic rings. The van der Waals surface area contributed by atoms with Crippen molar-refractivity contribution < 1.29 is 9.47 Å². The molecule has 0 aliphatic heterocycles. The maximum atomic E-state index is 6.31. The zero-order valence-electron chi connectivity index (χ0n) is 23.2. The van der Waals surface area contributed by atoms with Gasteiger partial charge in [-0.1, -0.05) is 109 Å². The molecule has 0 aromatic heterocycles. The highest BCUT2D eigenvalue weighted by atomic mass is 16.5. The normalized spacial score (nSPS) is 14.1. The van der Waals surface area contributed by atoms with Crippen LogP contribution in [0.25, 0.3) is 0 Å². The van der Waals surface area contributed by atoms with Gasteiger partial charge in [0.05, 0.1) is 18.8 Å². The number of unbranched alkanes of at least 4 members (excludes halogenated alkanes) is 11. The van der Waals surface area contributed by atoms with Gasteiger partial charge in [0, 0.05) is 13.2 Å². The maximum Gasteiger partial charge on any atom is 0.0745 e. The Labute approximate surface area is 213 Å². The van der Waals surface area contributed by atoms with E-state index in [9.17, 15) is 0 Å². The van der Waals surface area contributed by atoms with Gasteiger partial charge in [0.15, 0.2) is 0 Å². The Balaban J connectivity index is 3.56. The van der Waals surface area contributed by atoms with Crippen molar-refractivity contribution in [2.24, 2.45) is 5.73 Å². The van der Waals surface area contributed by atoms with Crippen molar-refractivity contribution in [3.8, 4) is 0 Å². The zero-order chi connectivity index (χ0) is 25.0. The lowest BCUT2D eigenvalue weighted by Gasteiger charge is -2.23. The molecule has 0 aromatic rings. The standard InChI is InChI=1S/C31H59NO2/c1-4-7-9-11-13-14-15-16-17-18-19-20-21-22-24-26-28-34-31(6-3)30(32)29-33-27-25-23-12-10-8-5-2/h13-14,16-17,19-20,30-31H,4-12,15,18,21-29,32H2,1-3H3. The molecular weight excluding hydrogens is 418 g/mol. The number of rotatable bonds is 26. The van der Waals surface area contributed by atoms with Gasteiger partial charge < -0.3 is 15.2 Å². The van der Waals surface area contributed by atoms with Crippen LogP contribution in [0, 0.1) is 0 Å². The van der Waals surface area contributed by atoms with Crippen LogP contribution in [-0.2, 0) is 9.47 Å². The molecule has 0 saturated carbocycles. The summed E-state index contributed by atoms with van der Waals surface area (Å²) in [7, 11) is 0. The maximum absolute atomic E-state index is 6.31. The highest BCUT2D eigenvalue weighted by Gasteiger charge is 2.16. The Hall–Kier alpha value is -0.900. The van der Waals surface area contributed by atoms with Gasteiger partial charge in [-0.15, -0.1) is 0 Å².